The molecule has 0 spiro atoms. The van der Waals surface area contributed by atoms with Gasteiger partial charge in [0.2, 0.25) is 5.91 Å². The number of alkyl halides is 3. The van der Waals surface area contributed by atoms with Gasteiger partial charge in [0.05, 0.1) is 23.4 Å². The van der Waals surface area contributed by atoms with Crippen molar-refractivity contribution in [2.75, 3.05) is 23.8 Å². The average Bonchev–Trinajstić information content (AvgIpc) is 2.54. The molecule has 0 bridgehead atoms. The molecule has 0 unspecified atom stereocenters. The summed E-state index contributed by atoms with van der Waals surface area (Å²) in [4.78, 5) is 14.2. The number of carbonyl (C=O) groups excluding carboxylic acids is 1. The number of hydrogen-bond acceptors (Lipinski definition) is 2. The highest BCUT2D eigenvalue weighted by molar-refractivity contribution is 5.95. The first-order valence-corrected chi connectivity index (χ1v) is 7.57. The van der Waals surface area contributed by atoms with Crippen molar-refractivity contribution in [2.24, 2.45) is 0 Å². The summed E-state index contributed by atoms with van der Waals surface area (Å²) in [5, 5.41) is 2.77. The van der Waals surface area contributed by atoms with E-state index in [1.807, 2.05) is 31.0 Å². The molecule has 0 radical (unpaired) electrons. The van der Waals surface area contributed by atoms with E-state index in [9.17, 15) is 18.0 Å². The van der Waals surface area contributed by atoms with Gasteiger partial charge in [-0.25, -0.2) is 0 Å². The molecule has 24 heavy (non-hydrogen) atoms. The molecule has 0 aliphatic rings. The summed E-state index contributed by atoms with van der Waals surface area (Å²) in [5.41, 5.74) is 1.07. The largest absolute Gasteiger partial charge is 0.416 e. The maximum atomic E-state index is 12.7. The lowest BCUT2D eigenvalue weighted by Gasteiger charge is -2.20. The van der Waals surface area contributed by atoms with Gasteiger partial charge < -0.3 is 10.2 Å². The van der Waals surface area contributed by atoms with E-state index in [4.69, 9.17) is 0 Å². The number of nitrogens with one attached hydrogen (secondary N) is 1. The first-order chi connectivity index (χ1) is 11.3. The maximum absolute atomic E-state index is 12.7. The van der Waals surface area contributed by atoms with Crippen LogP contribution < -0.4 is 10.2 Å². The summed E-state index contributed by atoms with van der Waals surface area (Å²) in [7, 11) is 1.90. The van der Waals surface area contributed by atoms with Crippen LogP contribution in [0.5, 0.6) is 0 Å². The molecule has 128 valence electrons. The Kier molecular flexibility index (Phi) is 5.49. The smallest absolute Gasteiger partial charge is 0.373 e. The Labute approximate surface area is 139 Å². The van der Waals surface area contributed by atoms with E-state index >= 15 is 0 Å². The van der Waals surface area contributed by atoms with Gasteiger partial charge in [-0.05, 0) is 30.7 Å². The molecular weight excluding hydrogens is 317 g/mol. The van der Waals surface area contributed by atoms with E-state index in [1.165, 1.54) is 12.1 Å². The van der Waals surface area contributed by atoms with Crippen molar-refractivity contribution in [3.05, 3.63) is 59.7 Å². The van der Waals surface area contributed by atoms with Crippen LogP contribution in [0, 0.1) is 0 Å². The van der Waals surface area contributed by atoms with E-state index in [0.717, 1.165) is 24.4 Å². The van der Waals surface area contributed by atoms with Crippen molar-refractivity contribution in [1.82, 2.24) is 0 Å². The minimum Gasteiger partial charge on any atom is -0.373 e. The number of amides is 1. The highest BCUT2D eigenvalue weighted by Gasteiger charge is 2.30. The van der Waals surface area contributed by atoms with Gasteiger partial charge in [0.1, 0.15) is 0 Å². The monoisotopic (exact) mass is 336 g/mol. The van der Waals surface area contributed by atoms with Crippen molar-refractivity contribution in [3.8, 4) is 0 Å². The van der Waals surface area contributed by atoms with Crippen molar-refractivity contribution < 1.29 is 18.0 Å². The van der Waals surface area contributed by atoms with Gasteiger partial charge in [-0.2, -0.15) is 13.2 Å². The summed E-state index contributed by atoms with van der Waals surface area (Å²) in [6.07, 6.45) is -4.53. The Bertz CT molecular complexity index is 713. The number of nitrogens with zero attached hydrogens (tertiary/aromatic N) is 1. The molecule has 2 rings (SSSR count). The molecule has 0 heterocycles. The zero-order chi connectivity index (χ0) is 17.7. The second-order valence-electron chi connectivity index (χ2n) is 5.45. The first kappa shape index (κ1) is 17.8. The van der Waals surface area contributed by atoms with Crippen LogP contribution in [0.25, 0.3) is 0 Å². The van der Waals surface area contributed by atoms with Crippen molar-refractivity contribution in [1.29, 1.82) is 0 Å². The lowest BCUT2D eigenvalue weighted by molar-refractivity contribution is -0.137. The third kappa shape index (κ3) is 4.50. The molecule has 1 amide bonds. The molecule has 0 saturated carbocycles. The molecule has 0 fully saturated rings. The molecule has 6 heteroatoms. The highest BCUT2D eigenvalue weighted by atomic mass is 19.4. The van der Waals surface area contributed by atoms with Gasteiger partial charge in [-0.3, -0.25) is 4.79 Å². The van der Waals surface area contributed by atoms with Crippen LogP contribution in [0.2, 0.25) is 0 Å². The SMILES string of the molecule is CCN(C)c1ccccc1NC(=O)Cc1cccc(C(F)(F)F)c1. The number of para-hydroxylation sites is 2. The van der Waals surface area contributed by atoms with Crippen LogP contribution in [-0.4, -0.2) is 19.5 Å². The molecule has 0 saturated heterocycles. The van der Waals surface area contributed by atoms with Crippen LogP contribution in [0.1, 0.15) is 18.1 Å². The zero-order valence-electron chi connectivity index (χ0n) is 13.5. The van der Waals surface area contributed by atoms with Gasteiger partial charge in [0.25, 0.3) is 0 Å². The summed E-state index contributed by atoms with van der Waals surface area (Å²) >= 11 is 0. The normalized spacial score (nSPS) is 11.2. The Balaban J connectivity index is 2.12. The standard InChI is InChI=1S/C18H19F3N2O/c1-3-23(2)16-10-5-4-9-15(16)22-17(24)12-13-7-6-8-14(11-13)18(19,20)21/h4-11H,3,12H2,1-2H3,(H,22,24). The van der Waals surface area contributed by atoms with Gasteiger partial charge in [-0.1, -0.05) is 30.3 Å². The second-order valence-corrected chi connectivity index (χ2v) is 5.45. The van der Waals surface area contributed by atoms with Crippen LogP contribution >= 0.6 is 0 Å². The molecule has 0 aliphatic carbocycles. The summed E-state index contributed by atoms with van der Waals surface area (Å²) in [5.74, 6) is -0.355. The molecule has 0 aliphatic heterocycles. The van der Waals surface area contributed by atoms with Gasteiger partial charge in [0, 0.05) is 13.6 Å². The van der Waals surface area contributed by atoms with E-state index in [2.05, 4.69) is 5.32 Å². The fourth-order valence-corrected chi connectivity index (χ4v) is 2.32. The quantitative estimate of drug-likeness (QED) is 0.881. The lowest BCUT2D eigenvalue weighted by Crippen LogP contribution is -2.20. The Morgan fingerprint density at radius 1 is 1.12 bits per heavy atom. The lowest BCUT2D eigenvalue weighted by atomic mass is 10.1. The molecule has 1 N–H and O–H groups in total. The first-order valence-electron chi connectivity index (χ1n) is 7.57. The number of rotatable bonds is 5. The predicted molar refractivity (Wildman–Crippen MR) is 89.2 cm³/mol. The van der Waals surface area contributed by atoms with Crippen LogP contribution in [-0.2, 0) is 17.4 Å². The Morgan fingerprint density at radius 2 is 1.83 bits per heavy atom. The third-order valence-corrected chi connectivity index (χ3v) is 3.68. The predicted octanol–water partition coefficient (Wildman–Crippen LogP) is 4.34. The molecule has 3 nitrogen and oxygen atoms in total. The van der Waals surface area contributed by atoms with Crippen molar-refractivity contribution >= 4 is 17.3 Å². The molecule has 2 aromatic carbocycles. The van der Waals surface area contributed by atoms with Crippen molar-refractivity contribution in [3.63, 3.8) is 0 Å². The zero-order valence-corrected chi connectivity index (χ0v) is 13.5. The maximum Gasteiger partial charge on any atom is 0.416 e. The second kappa shape index (κ2) is 7.38. The number of anilines is 2. The number of hydrogen-bond donors (Lipinski definition) is 1. The van der Waals surface area contributed by atoms with Crippen LogP contribution in [0.3, 0.4) is 0 Å². The third-order valence-electron chi connectivity index (χ3n) is 3.68. The molecule has 0 aromatic heterocycles. The topological polar surface area (TPSA) is 32.3 Å². The summed E-state index contributed by atoms with van der Waals surface area (Å²) in [6.45, 7) is 2.75. The molecule has 0 atom stereocenters. The van der Waals surface area contributed by atoms with Crippen LogP contribution in [0.15, 0.2) is 48.5 Å². The Morgan fingerprint density at radius 3 is 2.50 bits per heavy atom. The highest BCUT2D eigenvalue weighted by Crippen LogP contribution is 2.30. The number of halogens is 3. The summed E-state index contributed by atoms with van der Waals surface area (Å²) in [6, 6.07) is 12.1. The van der Waals surface area contributed by atoms with E-state index in [-0.39, 0.29) is 12.3 Å². The average molecular weight is 336 g/mol. The Hall–Kier alpha value is -2.50. The van der Waals surface area contributed by atoms with E-state index < -0.39 is 11.7 Å². The minimum atomic E-state index is -4.41. The molecular formula is C18H19F3N2O. The van der Waals surface area contributed by atoms with Gasteiger partial charge in [0.15, 0.2) is 0 Å². The van der Waals surface area contributed by atoms with Gasteiger partial charge in [-0.15, -0.1) is 0 Å². The summed E-state index contributed by atoms with van der Waals surface area (Å²) < 4.78 is 38.2. The van der Waals surface area contributed by atoms with Crippen molar-refractivity contribution in [2.45, 2.75) is 19.5 Å². The number of carbonyl (C=O) groups is 1. The van der Waals surface area contributed by atoms with E-state index in [0.29, 0.717) is 11.3 Å². The van der Waals surface area contributed by atoms with Gasteiger partial charge >= 0.3 is 6.18 Å². The van der Waals surface area contributed by atoms with E-state index in [1.54, 1.807) is 12.1 Å². The minimum absolute atomic E-state index is 0.117. The molecule has 2 aromatic rings. The fraction of sp³-hybridized carbons (Fsp3) is 0.278. The fourth-order valence-electron chi connectivity index (χ4n) is 2.32. The van der Waals surface area contributed by atoms with Crippen LogP contribution in [0.4, 0.5) is 24.5 Å². The number of benzene rings is 2.